The fourth-order valence-electron chi connectivity index (χ4n) is 2.81. The smallest absolute Gasteiger partial charge is 0.413 e. The molecule has 2 aromatic carbocycles. The van der Waals surface area contributed by atoms with Gasteiger partial charge in [-0.15, -0.1) is 0 Å². The van der Waals surface area contributed by atoms with Gasteiger partial charge >= 0.3 is 6.09 Å². The summed E-state index contributed by atoms with van der Waals surface area (Å²) in [7, 11) is 3.05. The van der Waals surface area contributed by atoms with Crippen molar-refractivity contribution in [1.29, 1.82) is 5.41 Å². The second-order valence-electron chi connectivity index (χ2n) is 7.13. The summed E-state index contributed by atoms with van der Waals surface area (Å²) < 4.78 is 15.5. The number of carbonyl (C=O) groups is 3. The first-order chi connectivity index (χ1) is 15.7. The molecule has 2 rings (SSSR count). The molecule has 1 atom stereocenters. The Labute approximate surface area is 192 Å². The second-order valence-corrected chi connectivity index (χ2v) is 7.13. The summed E-state index contributed by atoms with van der Waals surface area (Å²) in [6, 6.07) is 11.3. The maximum Gasteiger partial charge on any atom is 0.413 e. The van der Waals surface area contributed by atoms with E-state index in [1.165, 1.54) is 21.1 Å². The monoisotopic (exact) mass is 456 g/mol. The van der Waals surface area contributed by atoms with Gasteiger partial charge in [0.25, 0.3) is 0 Å². The van der Waals surface area contributed by atoms with Gasteiger partial charge in [-0.25, -0.2) is 4.79 Å². The minimum atomic E-state index is -0.773. The maximum absolute atomic E-state index is 12.1. The molecule has 10 nitrogen and oxygen atoms in total. The number of ether oxygens (including phenoxy) is 3. The van der Waals surface area contributed by atoms with Gasteiger partial charge in [0.05, 0.1) is 14.2 Å². The molecule has 0 aromatic heterocycles. The van der Waals surface area contributed by atoms with E-state index in [0.717, 1.165) is 5.56 Å². The Bertz CT molecular complexity index is 984. The van der Waals surface area contributed by atoms with Gasteiger partial charge in [-0.1, -0.05) is 24.3 Å². The lowest BCUT2D eigenvalue weighted by atomic mass is 10.1. The zero-order valence-electron chi connectivity index (χ0n) is 19.0. The van der Waals surface area contributed by atoms with Gasteiger partial charge in [-0.3, -0.25) is 20.3 Å². The Balaban J connectivity index is 1.84. The summed E-state index contributed by atoms with van der Waals surface area (Å²) in [6.45, 7) is 3.17. The molecular weight excluding hydrogens is 428 g/mol. The molecule has 0 aliphatic heterocycles. The number of alkyl carbamates (subject to hydrolysis) is 1. The highest BCUT2D eigenvalue weighted by atomic mass is 16.5. The van der Waals surface area contributed by atoms with Crippen LogP contribution in [0, 0.1) is 5.41 Å². The predicted molar refractivity (Wildman–Crippen MR) is 121 cm³/mol. The SMILES string of the molecule is COc1cc(COC(=O)NC(=N)c2ccc(CNC(=O)[C@H](C)NC(C)=O)cc2)cc(OC)c1. The largest absolute Gasteiger partial charge is 0.497 e. The van der Waals surface area contributed by atoms with Gasteiger partial charge in [0, 0.05) is 25.1 Å². The number of carbonyl (C=O) groups excluding carboxylic acids is 3. The number of amidine groups is 1. The van der Waals surface area contributed by atoms with Gasteiger partial charge in [0.15, 0.2) is 0 Å². The fourth-order valence-corrected chi connectivity index (χ4v) is 2.81. The highest BCUT2D eigenvalue weighted by Crippen LogP contribution is 2.22. The van der Waals surface area contributed by atoms with Crippen LogP contribution >= 0.6 is 0 Å². The maximum atomic E-state index is 12.1. The molecule has 0 saturated carbocycles. The average molecular weight is 456 g/mol. The highest BCUT2D eigenvalue weighted by Gasteiger charge is 2.13. The van der Waals surface area contributed by atoms with Crippen molar-refractivity contribution in [2.24, 2.45) is 0 Å². The molecule has 33 heavy (non-hydrogen) atoms. The van der Waals surface area contributed by atoms with Crippen molar-refractivity contribution in [2.45, 2.75) is 33.0 Å². The van der Waals surface area contributed by atoms with Crippen molar-refractivity contribution in [3.8, 4) is 11.5 Å². The molecule has 0 heterocycles. The summed E-state index contributed by atoms with van der Waals surface area (Å²) in [5, 5.41) is 15.7. The number of hydrogen-bond acceptors (Lipinski definition) is 7. The Morgan fingerprint density at radius 1 is 0.970 bits per heavy atom. The van der Waals surface area contributed by atoms with Crippen molar-refractivity contribution >= 4 is 23.7 Å². The Hall–Kier alpha value is -4.08. The van der Waals surface area contributed by atoms with Gasteiger partial charge in [-0.05, 0) is 30.2 Å². The molecular formula is C23H28N4O6. The standard InChI is InChI=1S/C23H28N4O6/c1-14(26-15(2)28)22(29)25-12-16-5-7-18(8-6-16)21(24)27-23(30)33-13-17-9-19(31-3)11-20(10-17)32-4/h5-11,14H,12-13H2,1-4H3,(H,25,29)(H,26,28)(H2,24,27,30)/t14-/m0/s1. The zero-order chi connectivity index (χ0) is 24.4. The second kappa shape index (κ2) is 12.1. The summed E-state index contributed by atoms with van der Waals surface area (Å²) in [4.78, 5) is 35.0. The van der Waals surface area contributed by atoms with Crippen molar-refractivity contribution in [1.82, 2.24) is 16.0 Å². The Morgan fingerprint density at radius 2 is 1.58 bits per heavy atom. The lowest BCUT2D eigenvalue weighted by Gasteiger charge is -2.13. The zero-order valence-corrected chi connectivity index (χ0v) is 19.0. The highest BCUT2D eigenvalue weighted by molar-refractivity contribution is 6.04. The van der Waals surface area contributed by atoms with Crippen LogP contribution in [0.4, 0.5) is 4.79 Å². The van der Waals surface area contributed by atoms with Crippen molar-refractivity contribution in [2.75, 3.05) is 14.2 Å². The van der Waals surface area contributed by atoms with E-state index in [0.29, 0.717) is 22.6 Å². The molecule has 3 amide bonds. The Kier molecular flexibility index (Phi) is 9.22. The Morgan fingerprint density at radius 3 is 2.12 bits per heavy atom. The van der Waals surface area contributed by atoms with Crippen LogP contribution in [-0.2, 0) is 27.5 Å². The minimum absolute atomic E-state index is 0.0256. The molecule has 0 fully saturated rings. The first kappa shape index (κ1) is 25.2. The molecule has 0 spiro atoms. The lowest BCUT2D eigenvalue weighted by Crippen LogP contribution is -2.43. The average Bonchev–Trinajstić information content (AvgIpc) is 2.80. The van der Waals surface area contributed by atoms with E-state index >= 15 is 0 Å². The number of amides is 3. The van der Waals surface area contributed by atoms with E-state index in [2.05, 4.69) is 16.0 Å². The van der Waals surface area contributed by atoms with E-state index in [4.69, 9.17) is 19.6 Å². The van der Waals surface area contributed by atoms with Crippen LogP contribution in [0.15, 0.2) is 42.5 Å². The van der Waals surface area contributed by atoms with E-state index in [-0.39, 0.29) is 30.8 Å². The summed E-state index contributed by atoms with van der Waals surface area (Å²) in [6.07, 6.45) is -0.773. The van der Waals surface area contributed by atoms with E-state index < -0.39 is 12.1 Å². The van der Waals surface area contributed by atoms with E-state index in [9.17, 15) is 14.4 Å². The van der Waals surface area contributed by atoms with Gasteiger partial charge in [0.2, 0.25) is 11.8 Å². The molecule has 10 heteroatoms. The molecule has 0 aliphatic rings. The minimum Gasteiger partial charge on any atom is -0.497 e. The first-order valence-electron chi connectivity index (χ1n) is 10.1. The summed E-state index contributed by atoms with van der Waals surface area (Å²) >= 11 is 0. The van der Waals surface area contributed by atoms with Crippen LogP contribution in [0.5, 0.6) is 11.5 Å². The summed E-state index contributed by atoms with van der Waals surface area (Å²) in [5.41, 5.74) is 1.94. The quantitative estimate of drug-likeness (QED) is 0.337. The third-order valence-electron chi connectivity index (χ3n) is 4.53. The van der Waals surface area contributed by atoms with E-state index in [1.54, 1.807) is 49.4 Å². The number of methoxy groups -OCH3 is 2. The van der Waals surface area contributed by atoms with Crippen LogP contribution in [0.25, 0.3) is 0 Å². The number of benzene rings is 2. The van der Waals surface area contributed by atoms with Crippen molar-refractivity contribution in [3.63, 3.8) is 0 Å². The molecule has 0 bridgehead atoms. The van der Waals surface area contributed by atoms with Crippen LogP contribution in [-0.4, -0.2) is 44.0 Å². The van der Waals surface area contributed by atoms with Crippen molar-refractivity contribution < 1.29 is 28.6 Å². The molecule has 0 aliphatic carbocycles. The predicted octanol–water partition coefficient (Wildman–Crippen LogP) is 2.10. The van der Waals surface area contributed by atoms with Crippen molar-refractivity contribution in [3.05, 3.63) is 59.2 Å². The number of hydrogen-bond donors (Lipinski definition) is 4. The molecule has 0 radical (unpaired) electrons. The van der Waals surface area contributed by atoms with Gasteiger partial charge in [0.1, 0.15) is 30.0 Å². The first-order valence-corrected chi connectivity index (χ1v) is 10.1. The summed E-state index contributed by atoms with van der Waals surface area (Å²) in [5.74, 6) is 0.428. The molecule has 176 valence electrons. The van der Waals surface area contributed by atoms with Crippen LogP contribution in [0.3, 0.4) is 0 Å². The van der Waals surface area contributed by atoms with Crippen LogP contribution in [0.1, 0.15) is 30.5 Å². The number of rotatable bonds is 9. The third-order valence-corrected chi connectivity index (χ3v) is 4.53. The van der Waals surface area contributed by atoms with Gasteiger partial charge in [-0.2, -0.15) is 0 Å². The van der Waals surface area contributed by atoms with Crippen LogP contribution in [0.2, 0.25) is 0 Å². The third kappa shape index (κ3) is 8.17. The van der Waals surface area contributed by atoms with Crippen LogP contribution < -0.4 is 25.4 Å². The molecule has 4 N–H and O–H groups in total. The molecule has 2 aromatic rings. The van der Waals surface area contributed by atoms with Gasteiger partial charge < -0.3 is 24.8 Å². The fraction of sp³-hybridized carbons (Fsp3) is 0.304. The number of nitrogens with one attached hydrogen (secondary N) is 4. The lowest BCUT2D eigenvalue weighted by molar-refractivity contribution is -0.127. The van der Waals surface area contributed by atoms with E-state index in [1.807, 2.05) is 0 Å². The molecule has 0 saturated heterocycles. The molecule has 0 unspecified atom stereocenters. The normalized spacial score (nSPS) is 11.0. The topological polar surface area (TPSA) is 139 Å².